The molecule has 6 heteroatoms. The first-order valence-electron chi connectivity index (χ1n) is 7.50. The van der Waals surface area contributed by atoms with Gasteiger partial charge in [0.2, 0.25) is 5.91 Å². The van der Waals surface area contributed by atoms with Gasteiger partial charge in [0, 0.05) is 31.4 Å². The van der Waals surface area contributed by atoms with Gasteiger partial charge < -0.3 is 20.5 Å². The second-order valence-corrected chi connectivity index (χ2v) is 5.43. The van der Waals surface area contributed by atoms with Crippen LogP contribution in [0, 0.1) is 5.92 Å². The molecule has 1 aliphatic rings. The molecule has 0 saturated carbocycles. The van der Waals surface area contributed by atoms with Gasteiger partial charge in [0.15, 0.2) is 0 Å². The Labute approximate surface area is 138 Å². The Morgan fingerprint density at radius 1 is 1.36 bits per heavy atom. The minimum atomic E-state index is 0. The summed E-state index contributed by atoms with van der Waals surface area (Å²) in [7, 11) is 0. The average molecular weight is 329 g/mol. The number of rotatable bonds is 8. The van der Waals surface area contributed by atoms with Crippen LogP contribution in [0.25, 0.3) is 0 Å². The van der Waals surface area contributed by atoms with Gasteiger partial charge in [-0.15, -0.1) is 12.4 Å². The molecule has 1 aliphatic heterocycles. The summed E-state index contributed by atoms with van der Waals surface area (Å²) in [5.74, 6) is 0.578. The number of nitrogen functional groups attached to an aromatic ring is 1. The van der Waals surface area contributed by atoms with Crippen molar-refractivity contribution in [2.75, 3.05) is 38.7 Å². The van der Waals surface area contributed by atoms with Gasteiger partial charge in [-0.3, -0.25) is 4.79 Å². The Hall–Kier alpha value is -1.30. The quantitative estimate of drug-likeness (QED) is 0.563. The Bertz CT molecular complexity index is 434. The highest BCUT2D eigenvalue weighted by atomic mass is 35.5. The van der Waals surface area contributed by atoms with Gasteiger partial charge in [-0.05, 0) is 30.5 Å². The van der Waals surface area contributed by atoms with E-state index in [9.17, 15) is 4.79 Å². The number of ether oxygens (including phenoxy) is 2. The number of amides is 1. The van der Waals surface area contributed by atoms with Crippen LogP contribution in [0.15, 0.2) is 24.3 Å². The molecule has 0 radical (unpaired) electrons. The van der Waals surface area contributed by atoms with E-state index in [4.69, 9.17) is 15.2 Å². The van der Waals surface area contributed by atoms with E-state index in [2.05, 4.69) is 5.32 Å². The van der Waals surface area contributed by atoms with Crippen LogP contribution in [-0.4, -0.2) is 38.9 Å². The summed E-state index contributed by atoms with van der Waals surface area (Å²) in [4.78, 5) is 11.7. The average Bonchev–Trinajstić information content (AvgIpc) is 2.98. The number of nitrogens with one attached hydrogen (secondary N) is 1. The Morgan fingerprint density at radius 3 is 2.82 bits per heavy atom. The molecular formula is C16H25ClN2O3. The van der Waals surface area contributed by atoms with Gasteiger partial charge in [-0.1, -0.05) is 12.1 Å². The van der Waals surface area contributed by atoms with Gasteiger partial charge in [0.1, 0.15) is 0 Å². The van der Waals surface area contributed by atoms with Crippen LogP contribution in [0.5, 0.6) is 0 Å². The first-order valence-corrected chi connectivity index (χ1v) is 7.50. The summed E-state index contributed by atoms with van der Waals surface area (Å²) in [6.07, 6.45) is 2.32. The van der Waals surface area contributed by atoms with Crippen molar-refractivity contribution in [3.8, 4) is 0 Å². The van der Waals surface area contributed by atoms with Gasteiger partial charge in [0.25, 0.3) is 0 Å². The summed E-state index contributed by atoms with van der Waals surface area (Å²) in [5.41, 5.74) is 7.29. The maximum atomic E-state index is 11.7. The summed E-state index contributed by atoms with van der Waals surface area (Å²) < 4.78 is 10.9. The fourth-order valence-electron chi connectivity index (χ4n) is 2.25. The molecule has 5 nitrogen and oxygen atoms in total. The van der Waals surface area contributed by atoms with E-state index in [1.54, 1.807) is 0 Å². The first-order chi connectivity index (χ1) is 10.2. The highest BCUT2D eigenvalue weighted by Gasteiger charge is 2.15. The Kier molecular flexibility index (Phi) is 8.89. The lowest BCUT2D eigenvalue weighted by molar-refractivity contribution is -0.120. The van der Waals surface area contributed by atoms with Crippen molar-refractivity contribution in [2.24, 2.45) is 5.92 Å². The van der Waals surface area contributed by atoms with Crippen molar-refractivity contribution in [1.29, 1.82) is 0 Å². The van der Waals surface area contributed by atoms with Crippen LogP contribution in [0.2, 0.25) is 0 Å². The molecular weight excluding hydrogens is 304 g/mol. The highest BCUT2D eigenvalue weighted by molar-refractivity contribution is 5.85. The van der Waals surface area contributed by atoms with Gasteiger partial charge in [0.05, 0.1) is 19.6 Å². The number of carbonyl (C=O) groups excluding carboxylic acids is 1. The maximum absolute atomic E-state index is 11.7. The molecule has 1 fully saturated rings. The second-order valence-electron chi connectivity index (χ2n) is 5.43. The lowest BCUT2D eigenvalue weighted by Gasteiger charge is -2.09. The molecule has 2 rings (SSSR count). The van der Waals surface area contributed by atoms with Crippen LogP contribution in [0.3, 0.4) is 0 Å². The molecule has 0 aromatic heterocycles. The molecule has 124 valence electrons. The normalized spacial score (nSPS) is 17.0. The third-order valence-electron chi connectivity index (χ3n) is 3.51. The van der Waals surface area contributed by atoms with Crippen LogP contribution in [-0.2, 0) is 20.7 Å². The van der Waals surface area contributed by atoms with E-state index >= 15 is 0 Å². The number of halogens is 1. The van der Waals surface area contributed by atoms with Crippen molar-refractivity contribution in [3.63, 3.8) is 0 Å². The predicted molar refractivity (Wildman–Crippen MR) is 89.2 cm³/mol. The molecule has 3 N–H and O–H groups in total. The van der Waals surface area contributed by atoms with E-state index in [1.807, 2.05) is 24.3 Å². The van der Waals surface area contributed by atoms with E-state index in [-0.39, 0.29) is 18.3 Å². The standard InChI is InChI=1S/C16H24N2O3.ClH/c17-15-4-2-13(3-5-15)10-16(19)18-7-1-8-20-11-14-6-9-21-12-14;/h2-5,14H,1,6-12,17H2,(H,18,19);1H. The maximum Gasteiger partial charge on any atom is 0.224 e. The number of anilines is 1. The lowest BCUT2D eigenvalue weighted by Crippen LogP contribution is -2.27. The van der Waals surface area contributed by atoms with Crippen molar-refractivity contribution in [2.45, 2.75) is 19.3 Å². The molecule has 1 saturated heterocycles. The molecule has 22 heavy (non-hydrogen) atoms. The lowest BCUT2D eigenvalue weighted by atomic mass is 10.1. The SMILES string of the molecule is Cl.Nc1ccc(CC(=O)NCCCOCC2CCOC2)cc1. The highest BCUT2D eigenvalue weighted by Crippen LogP contribution is 2.12. The Morgan fingerprint density at radius 2 is 2.14 bits per heavy atom. The van der Waals surface area contributed by atoms with Crippen LogP contribution in [0.4, 0.5) is 5.69 Å². The third kappa shape index (κ3) is 7.11. The summed E-state index contributed by atoms with van der Waals surface area (Å²) in [6.45, 7) is 3.76. The van der Waals surface area contributed by atoms with E-state index in [1.165, 1.54) is 0 Å². The van der Waals surface area contributed by atoms with Crippen molar-refractivity contribution >= 4 is 24.0 Å². The molecule has 1 atom stereocenters. The molecule has 0 aliphatic carbocycles. The minimum Gasteiger partial charge on any atom is -0.399 e. The fraction of sp³-hybridized carbons (Fsp3) is 0.562. The molecule has 0 bridgehead atoms. The van der Waals surface area contributed by atoms with E-state index < -0.39 is 0 Å². The van der Waals surface area contributed by atoms with Crippen LogP contribution in [0.1, 0.15) is 18.4 Å². The van der Waals surface area contributed by atoms with Gasteiger partial charge in [-0.25, -0.2) is 0 Å². The first kappa shape index (κ1) is 18.7. The smallest absolute Gasteiger partial charge is 0.224 e. The fourth-order valence-corrected chi connectivity index (χ4v) is 2.25. The van der Waals surface area contributed by atoms with Crippen molar-refractivity contribution in [1.82, 2.24) is 5.32 Å². The zero-order chi connectivity index (χ0) is 14.9. The van der Waals surface area contributed by atoms with Crippen LogP contribution < -0.4 is 11.1 Å². The van der Waals surface area contributed by atoms with Gasteiger partial charge >= 0.3 is 0 Å². The predicted octanol–water partition coefficient (Wildman–Crippen LogP) is 1.79. The zero-order valence-electron chi connectivity index (χ0n) is 12.8. The van der Waals surface area contributed by atoms with E-state index in [0.29, 0.717) is 31.2 Å². The van der Waals surface area contributed by atoms with Crippen LogP contribution >= 0.6 is 12.4 Å². The molecule has 1 unspecified atom stereocenters. The Balaban J connectivity index is 0.00000242. The molecule has 0 spiro atoms. The van der Waals surface area contributed by atoms with Crippen molar-refractivity contribution < 1.29 is 14.3 Å². The number of benzene rings is 1. The molecule has 1 amide bonds. The summed E-state index contributed by atoms with van der Waals surface area (Å²) >= 11 is 0. The monoisotopic (exact) mass is 328 g/mol. The molecule has 1 aromatic carbocycles. The second kappa shape index (κ2) is 10.4. The summed E-state index contributed by atoms with van der Waals surface area (Å²) in [6, 6.07) is 7.37. The minimum absolute atomic E-state index is 0. The third-order valence-corrected chi connectivity index (χ3v) is 3.51. The summed E-state index contributed by atoms with van der Waals surface area (Å²) in [5, 5.41) is 2.90. The number of carbonyl (C=O) groups is 1. The number of hydrogen-bond acceptors (Lipinski definition) is 4. The molecule has 1 heterocycles. The topological polar surface area (TPSA) is 73.6 Å². The number of nitrogens with two attached hydrogens (primary N) is 1. The van der Waals surface area contributed by atoms with E-state index in [0.717, 1.165) is 38.2 Å². The molecule has 1 aromatic rings. The zero-order valence-corrected chi connectivity index (χ0v) is 13.6. The van der Waals surface area contributed by atoms with Gasteiger partial charge in [-0.2, -0.15) is 0 Å². The van der Waals surface area contributed by atoms with Crippen molar-refractivity contribution in [3.05, 3.63) is 29.8 Å². The number of hydrogen-bond donors (Lipinski definition) is 2. The largest absolute Gasteiger partial charge is 0.399 e.